The molecule has 21 heavy (non-hydrogen) atoms. The molecule has 1 aliphatic rings. The van der Waals surface area contributed by atoms with E-state index in [4.69, 9.17) is 16.7 Å². The fourth-order valence-electron chi connectivity index (χ4n) is 2.74. The minimum absolute atomic E-state index is 0.0139. The Balaban J connectivity index is 1.66. The Morgan fingerprint density at radius 3 is 2.57 bits per heavy atom. The van der Waals surface area contributed by atoms with E-state index in [2.05, 4.69) is 5.32 Å². The van der Waals surface area contributed by atoms with E-state index in [0.717, 1.165) is 19.3 Å². The van der Waals surface area contributed by atoms with Gasteiger partial charge in [-0.05, 0) is 49.8 Å². The summed E-state index contributed by atoms with van der Waals surface area (Å²) in [5, 5.41) is 12.6. The molecule has 1 amide bonds. The van der Waals surface area contributed by atoms with Crippen molar-refractivity contribution in [2.24, 2.45) is 5.92 Å². The van der Waals surface area contributed by atoms with E-state index in [0.29, 0.717) is 24.3 Å². The average molecular weight is 310 g/mol. The van der Waals surface area contributed by atoms with Gasteiger partial charge in [0.15, 0.2) is 0 Å². The zero-order valence-corrected chi connectivity index (χ0v) is 12.6. The van der Waals surface area contributed by atoms with Crippen LogP contribution in [0.1, 0.15) is 37.7 Å². The van der Waals surface area contributed by atoms with Crippen molar-refractivity contribution in [1.29, 1.82) is 0 Å². The molecule has 1 aromatic carbocycles. The molecule has 5 heteroatoms. The Morgan fingerprint density at radius 1 is 1.24 bits per heavy atom. The SMILES string of the molecule is O=C(CCCc1ccc(Cl)cc1)N[C@H]1CC[C@@H](C(=O)O)C1. The van der Waals surface area contributed by atoms with Crippen molar-refractivity contribution in [3.05, 3.63) is 34.9 Å². The third kappa shape index (κ3) is 5.05. The van der Waals surface area contributed by atoms with Gasteiger partial charge in [0.1, 0.15) is 0 Å². The van der Waals surface area contributed by atoms with E-state index in [1.165, 1.54) is 5.56 Å². The molecule has 1 fully saturated rings. The van der Waals surface area contributed by atoms with Crippen LogP contribution in [0.3, 0.4) is 0 Å². The van der Waals surface area contributed by atoms with Crippen LogP contribution in [0.5, 0.6) is 0 Å². The molecule has 114 valence electrons. The lowest BCUT2D eigenvalue weighted by Gasteiger charge is -2.12. The Labute approximate surface area is 129 Å². The van der Waals surface area contributed by atoms with Crippen LogP contribution in [0.25, 0.3) is 0 Å². The molecule has 0 unspecified atom stereocenters. The summed E-state index contributed by atoms with van der Waals surface area (Å²) in [6, 6.07) is 7.65. The first-order chi connectivity index (χ1) is 10.0. The monoisotopic (exact) mass is 309 g/mol. The number of hydrogen-bond acceptors (Lipinski definition) is 2. The number of halogens is 1. The van der Waals surface area contributed by atoms with Crippen molar-refractivity contribution in [2.45, 2.75) is 44.6 Å². The Hall–Kier alpha value is -1.55. The van der Waals surface area contributed by atoms with Gasteiger partial charge in [-0.1, -0.05) is 23.7 Å². The van der Waals surface area contributed by atoms with E-state index in [-0.39, 0.29) is 17.9 Å². The van der Waals surface area contributed by atoms with Crippen molar-refractivity contribution < 1.29 is 14.7 Å². The molecule has 1 aromatic rings. The number of nitrogens with one attached hydrogen (secondary N) is 1. The molecule has 0 radical (unpaired) electrons. The summed E-state index contributed by atoms with van der Waals surface area (Å²) in [7, 11) is 0. The molecule has 0 aliphatic heterocycles. The number of benzene rings is 1. The summed E-state index contributed by atoms with van der Waals surface area (Å²) in [5.41, 5.74) is 1.17. The number of carboxylic acid groups (broad SMARTS) is 1. The van der Waals surface area contributed by atoms with E-state index < -0.39 is 5.97 Å². The predicted octanol–water partition coefficient (Wildman–Crippen LogP) is 3.03. The van der Waals surface area contributed by atoms with Crippen LogP contribution in [0.2, 0.25) is 5.02 Å². The third-order valence-electron chi connectivity index (χ3n) is 3.93. The maximum absolute atomic E-state index is 11.8. The Morgan fingerprint density at radius 2 is 1.95 bits per heavy atom. The second kappa shape index (κ2) is 7.46. The number of carboxylic acids is 1. The topological polar surface area (TPSA) is 66.4 Å². The van der Waals surface area contributed by atoms with Gasteiger partial charge in [-0.25, -0.2) is 0 Å². The van der Waals surface area contributed by atoms with Gasteiger partial charge in [0.2, 0.25) is 5.91 Å². The van der Waals surface area contributed by atoms with Crippen LogP contribution in [-0.4, -0.2) is 23.0 Å². The van der Waals surface area contributed by atoms with Gasteiger partial charge < -0.3 is 10.4 Å². The Kier molecular flexibility index (Phi) is 5.62. The minimum atomic E-state index is -0.755. The van der Waals surface area contributed by atoms with Gasteiger partial charge in [0.25, 0.3) is 0 Å². The van der Waals surface area contributed by atoms with E-state index in [1.807, 2.05) is 24.3 Å². The number of hydrogen-bond donors (Lipinski definition) is 2. The normalized spacial score (nSPS) is 21.2. The molecular formula is C16H20ClNO3. The number of carbonyl (C=O) groups excluding carboxylic acids is 1. The zero-order valence-electron chi connectivity index (χ0n) is 11.8. The standard InChI is InChI=1S/C16H20ClNO3/c17-13-7-4-11(5-8-13)2-1-3-15(19)18-14-9-6-12(10-14)16(20)21/h4-5,7-8,12,14H,1-3,6,9-10H2,(H,18,19)(H,20,21)/t12-,14+/m1/s1. The molecule has 2 rings (SSSR count). The van der Waals surface area contributed by atoms with Gasteiger partial charge in [-0.3, -0.25) is 9.59 Å². The highest BCUT2D eigenvalue weighted by Gasteiger charge is 2.30. The van der Waals surface area contributed by atoms with Gasteiger partial charge in [0, 0.05) is 17.5 Å². The highest BCUT2D eigenvalue weighted by molar-refractivity contribution is 6.30. The smallest absolute Gasteiger partial charge is 0.306 e. The number of aliphatic carboxylic acids is 1. The van der Waals surface area contributed by atoms with Crippen LogP contribution in [-0.2, 0) is 16.0 Å². The maximum atomic E-state index is 11.8. The minimum Gasteiger partial charge on any atom is -0.481 e. The summed E-state index contributed by atoms with van der Waals surface area (Å²) in [6.45, 7) is 0. The summed E-state index contributed by atoms with van der Waals surface area (Å²) < 4.78 is 0. The van der Waals surface area contributed by atoms with Crippen LogP contribution in [0.4, 0.5) is 0 Å². The fourth-order valence-corrected chi connectivity index (χ4v) is 2.87. The number of rotatable bonds is 6. The second-order valence-corrected chi connectivity index (χ2v) is 6.03. The lowest BCUT2D eigenvalue weighted by molar-refractivity contribution is -0.141. The van der Waals surface area contributed by atoms with Gasteiger partial charge in [0.05, 0.1) is 5.92 Å². The fraction of sp³-hybridized carbons (Fsp3) is 0.500. The molecule has 0 spiro atoms. The molecule has 2 N–H and O–H groups in total. The van der Waals surface area contributed by atoms with Crippen LogP contribution >= 0.6 is 11.6 Å². The second-order valence-electron chi connectivity index (χ2n) is 5.59. The van der Waals surface area contributed by atoms with Crippen molar-refractivity contribution in [1.82, 2.24) is 5.32 Å². The summed E-state index contributed by atoms with van der Waals surface area (Å²) in [4.78, 5) is 22.7. The number of amides is 1. The quantitative estimate of drug-likeness (QED) is 0.849. The van der Waals surface area contributed by atoms with Crippen LogP contribution in [0.15, 0.2) is 24.3 Å². The number of aryl methyl sites for hydroxylation is 1. The highest BCUT2D eigenvalue weighted by atomic mass is 35.5. The molecule has 4 nitrogen and oxygen atoms in total. The summed E-state index contributed by atoms with van der Waals surface area (Å²) in [6.07, 6.45) is 4.07. The summed E-state index contributed by atoms with van der Waals surface area (Å²) >= 11 is 5.82. The predicted molar refractivity (Wildman–Crippen MR) is 81.3 cm³/mol. The molecular weight excluding hydrogens is 290 g/mol. The third-order valence-corrected chi connectivity index (χ3v) is 4.18. The first-order valence-corrected chi connectivity index (χ1v) is 7.69. The first-order valence-electron chi connectivity index (χ1n) is 7.31. The van der Waals surface area contributed by atoms with E-state index in [9.17, 15) is 9.59 Å². The zero-order chi connectivity index (χ0) is 15.2. The lowest BCUT2D eigenvalue weighted by Crippen LogP contribution is -2.33. The van der Waals surface area contributed by atoms with Gasteiger partial charge in [-0.15, -0.1) is 0 Å². The van der Waals surface area contributed by atoms with E-state index >= 15 is 0 Å². The maximum Gasteiger partial charge on any atom is 0.306 e. The van der Waals surface area contributed by atoms with Crippen molar-refractivity contribution in [2.75, 3.05) is 0 Å². The Bertz CT molecular complexity index is 501. The molecule has 0 heterocycles. The van der Waals surface area contributed by atoms with Crippen molar-refractivity contribution in [3.8, 4) is 0 Å². The molecule has 0 saturated heterocycles. The summed E-state index contributed by atoms with van der Waals surface area (Å²) in [5.74, 6) is -1.04. The largest absolute Gasteiger partial charge is 0.481 e. The van der Waals surface area contributed by atoms with Gasteiger partial charge >= 0.3 is 5.97 Å². The average Bonchev–Trinajstić information content (AvgIpc) is 2.90. The lowest BCUT2D eigenvalue weighted by atomic mass is 10.1. The number of carbonyl (C=O) groups is 2. The van der Waals surface area contributed by atoms with Crippen LogP contribution in [0, 0.1) is 5.92 Å². The first kappa shape index (κ1) is 15.8. The van der Waals surface area contributed by atoms with Crippen molar-refractivity contribution in [3.63, 3.8) is 0 Å². The van der Waals surface area contributed by atoms with Gasteiger partial charge in [-0.2, -0.15) is 0 Å². The van der Waals surface area contributed by atoms with Crippen LogP contribution < -0.4 is 5.32 Å². The molecule has 1 saturated carbocycles. The molecule has 0 bridgehead atoms. The highest BCUT2D eigenvalue weighted by Crippen LogP contribution is 2.25. The van der Waals surface area contributed by atoms with Crippen molar-refractivity contribution >= 4 is 23.5 Å². The molecule has 1 aliphatic carbocycles. The molecule has 0 aromatic heterocycles. The molecule has 2 atom stereocenters. The van der Waals surface area contributed by atoms with E-state index in [1.54, 1.807) is 0 Å².